The number of aromatic nitrogens is 3. The average Bonchev–Trinajstić information content (AvgIpc) is 3.33. The minimum absolute atomic E-state index is 0.669. The molecule has 2 aliphatic rings. The van der Waals surface area contributed by atoms with E-state index in [1.165, 1.54) is 41.5 Å². The highest BCUT2D eigenvalue weighted by molar-refractivity contribution is 7.99. The molecule has 0 aliphatic carbocycles. The molecule has 1 aromatic carbocycles. The quantitative estimate of drug-likeness (QED) is 0.322. The standard InChI is InChI=1S/C14H16N4.C7H10N2S.C6H11NO/c1-9-3-10(2)5-12(4-9)17-14-16-7-11-6-15-8-13(11)18-14;1-6-3-4-8-7(5-6)9-10-2;8-6-7-4-2-1-3-5-7/h3-5,7,15H,6,8H2,1-2H3,(H,16,17,18);3-5H,1-2H3,(H,8,9);6H,1-5H2. The zero-order chi connectivity index (χ0) is 25.8. The van der Waals surface area contributed by atoms with Gasteiger partial charge < -0.3 is 20.3 Å². The van der Waals surface area contributed by atoms with Crippen molar-refractivity contribution in [2.75, 3.05) is 29.4 Å². The molecule has 1 amide bonds. The number of carbonyl (C=O) groups is 1. The highest BCUT2D eigenvalue weighted by Crippen LogP contribution is 2.19. The van der Waals surface area contributed by atoms with Crippen LogP contribution in [0, 0.1) is 20.8 Å². The third-order valence-corrected chi connectivity index (χ3v) is 6.11. The van der Waals surface area contributed by atoms with Crippen molar-refractivity contribution in [2.45, 2.75) is 53.1 Å². The van der Waals surface area contributed by atoms with E-state index in [2.05, 4.69) is 62.4 Å². The molecule has 4 heterocycles. The molecule has 2 aromatic heterocycles. The number of rotatable bonds is 5. The lowest BCUT2D eigenvalue weighted by atomic mass is 10.1. The highest BCUT2D eigenvalue weighted by atomic mass is 32.2. The number of aryl methyl sites for hydroxylation is 3. The lowest BCUT2D eigenvalue weighted by Crippen LogP contribution is -2.27. The average molecular weight is 508 g/mol. The van der Waals surface area contributed by atoms with Gasteiger partial charge in [0.25, 0.3) is 0 Å². The summed E-state index contributed by atoms with van der Waals surface area (Å²) in [5, 5.41) is 6.53. The fourth-order valence-corrected chi connectivity index (χ4v) is 4.34. The Balaban J connectivity index is 0.000000169. The summed E-state index contributed by atoms with van der Waals surface area (Å²) < 4.78 is 3.05. The first-order valence-corrected chi connectivity index (χ1v) is 13.5. The number of nitrogens with one attached hydrogen (secondary N) is 3. The van der Waals surface area contributed by atoms with Crippen molar-refractivity contribution in [1.29, 1.82) is 0 Å². The zero-order valence-corrected chi connectivity index (χ0v) is 22.5. The van der Waals surface area contributed by atoms with Gasteiger partial charge in [-0.25, -0.2) is 15.0 Å². The summed E-state index contributed by atoms with van der Waals surface area (Å²) in [6, 6.07) is 10.3. The van der Waals surface area contributed by atoms with Gasteiger partial charge in [0.1, 0.15) is 5.82 Å². The number of amides is 1. The van der Waals surface area contributed by atoms with Gasteiger partial charge in [-0.2, -0.15) is 0 Å². The molecule has 1 saturated heterocycles. The van der Waals surface area contributed by atoms with E-state index in [0.29, 0.717) is 5.95 Å². The molecule has 0 spiro atoms. The molecule has 1 fully saturated rings. The van der Waals surface area contributed by atoms with Gasteiger partial charge >= 0.3 is 0 Å². The molecular weight excluding hydrogens is 470 g/mol. The number of likely N-dealkylation sites (tertiary alicyclic amines) is 1. The van der Waals surface area contributed by atoms with Crippen LogP contribution in [-0.2, 0) is 17.9 Å². The van der Waals surface area contributed by atoms with Crippen LogP contribution < -0.4 is 15.4 Å². The first-order valence-electron chi connectivity index (χ1n) is 12.3. The molecule has 0 saturated carbocycles. The van der Waals surface area contributed by atoms with Gasteiger partial charge in [0.15, 0.2) is 0 Å². The Morgan fingerprint density at radius 3 is 2.36 bits per heavy atom. The summed E-state index contributed by atoms with van der Waals surface area (Å²) in [5.74, 6) is 1.59. The smallest absolute Gasteiger partial charge is 0.227 e. The van der Waals surface area contributed by atoms with E-state index in [-0.39, 0.29) is 0 Å². The predicted octanol–water partition coefficient (Wildman–Crippen LogP) is 5.15. The summed E-state index contributed by atoms with van der Waals surface area (Å²) in [7, 11) is 0. The third-order valence-electron chi connectivity index (χ3n) is 5.70. The fraction of sp³-hybridized carbons (Fsp3) is 0.407. The van der Waals surface area contributed by atoms with Gasteiger partial charge in [-0.3, -0.25) is 4.79 Å². The number of nitrogens with zero attached hydrogens (tertiary/aromatic N) is 4. The molecule has 8 nitrogen and oxygen atoms in total. The fourth-order valence-electron chi connectivity index (χ4n) is 4.01. The van der Waals surface area contributed by atoms with Gasteiger partial charge in [-0.1, -0.05) is 18.0 Å². The van der Waals surface area contributed by atoms with Gasteiger partial charge in [0, 0.05) is 56.1 Å². The van der Waals surface area contributed by atoms with E-state index in [4.69, 9.17) is 0 Å². The molecular formula is C27H37N7OS. The number of pyridine rings is 1. The number of benzene rings is 1. The van der Waals surface area contributed by atoms with E-state index in [1.807, 2.05) is 36.4 Å². The van der Waals surface area contributed by atoms with Crippen LogP contribution in [0.2, 0.25) is 0 Å². The van der Waals surface area contributed by atoms with Crippen molar-refractivity contribution in [3.63, 3.8) is 0 Å². The SMILES string of the molecule is CSNc1cc(C)ccn1.Cc1cc(C)cc(Nc2ncc3c(n2)CNC3)c1.O=CN1CCCCC1. The maximum Gasteiger partial charge on any atom is 0.227 e. The molecule has 0 bridgehead atoms. The van der Waals surface area contributed by atoms with E-state index < -0.39 is 0 Å². The normalized spacial score (nSPS) is 13.9. The van der Waals surface area contributed by atoms with Gasteiger partial charge in [-0.05, 0) is 81.0 Å². The van der Waals surface area contributed by atoms with Gasteiger partial charge in [0.05, 0.1) is 5.69 Å². The largest absolute Gasteiger partial charge is 0.345 e. The Morgan fingerprint density at radius 1 is 0.972 bits per heavy atom. The maximum absolute atomic E-state index is 10.1. The van der Waals surface area contributed by atoms with E-state index in [1.54, 1.807) is 18.1 Å². The molecule has 2 aliphatic heterocycles. The Kier molecular flexibility index (Phi) is 11.0. The van der Waals surface area contributed by atoms with Gasteiger partial charge in [0.2, 0.25) is 12.4 Å². The Labute approximate surface area is 218 Å². The monoisotopic (exact) mass is 507 g/mol. The minimum Gasteiger partial charge on any atom is -0.345 e. The number of piperidine rings is 1. The van der Waals surface area contributed by atoms with E-state index in [9.17, 15) is 4.79 Å². The molecule has 3 N–H and O–H groups in total. The van der Waals surface area contributed by atoms with Crippen LogP contribution in [0.5, 0.6) is 0 Å². The number of hydrogen-bond acceptors (Lipinski definition) is 8. The first-order chi connectivity index (χ1) is 17.5. The summed E-state index contributed by atoms with van der Waals surface area (Å²) >= 11 is 1.55. The summed E-state index contributed by atoms with van der Waals surface area (Å²) in [6.07, 6.45) is 10.3. The topological polar surface area (TPSA) is 95.1 Å². The number of anilines is 3. The van der Waals surface area contributed by atoms with Crippen LogP contribution in [0.15, 0.2) is 42.7 Å². The van der Waals surface area contributed by atoms with Crippen LogP contribution >= 0.6 is 11.9 Å². The molecule has 0 atom stereocenters. The molecule has 0 radical (unpaired) electrons. The summed E-state index contributed by atoms with van der Waals surface area (Å²) in [4.78, 5) is 24.9. The lowest BCUT2D eigenvalue weighted by Gasteiger charge is -2.21. The number of carbonyl (C=O) groups excluding carboxylic acids is 1. The van der Waals surface area contributed by atoms with E-state index in [0.717, 1.165) is 49.8 Å². The van der Waals surface area contributed by atoms with Crippen molar-refractivity contribution in [2.24, 2.45) is 0 Å². The predicted molar refractivity (Wildman–Crippen MR) is 149 cm³/mol. The summed E-state index contributed by atoms with van der Waals surface area (Å²) in [5.41, 5.74) is 7.03. The summed E-state index contributed by atoms with van der Waals surface area (Å²) in [6.45, 7) is 9.88. The van der Waals surface area contributed by atoms with E-state index >= 15 is 0 Å². The van der Waals surface area contributed by atoms with Crippen LogP contribution in [0.1, 0.15) is 47.2 Å². The van der Waals surface area contributed by atoms with Crippen molar-refractivity contribution in [1.82, 2.24) is 25.2 Å². The van der Waals surface area contributed by atoms with Crippen molar-refractivity contribution < 1.29 is 4.79 Å². The lowest BCUT2D eigenvalue weighted by molar-refractivity contribution is -0.118. The second-order valence-electron chi connectivity index (χ2n) is 9.00. The molecule has 36 heavy (non-hydrogen) atoms. The maximum atomic E-state index is 10.1. The third kappa shape index (κ3) is 9.13. The zero-order valence-electron chi connectivity index (χ0n) is 21.7. The Bertz CT molecular complexity index is 1100. The van der Waals surface area contributed by atoms with Crippen molar-refractivity contribution >= 4 is 35.8 Å². The molecule has 9 heteroatoms. The molecule has 0 unspecified atom stereocenters. The molecule has 192 valence electrons. The molecule has 3 aromatic rings. The van der Waals surface area contributed by atoms with Gasteiger partial charge in [-0.15, -0.1) is 0 Å². The second-order valence-corrected chi connectivity index (χ2v) is 9.61. The Morgan fingerprint density at radius 2 is 1.72 bits per heavy atom. The van der Waals surface area contributed by atoms with Crippen LogP contribution in [-0.4, -0.2) is 45.6 Å². The minimum atomic E-state index is 0.669. The van der Waals surface area contributed by atoms with Crippen LogP contribution in [0.4, 0.5) is 17.5 Å². The first kappa shape index (κ1) is 27.4. The van der Waals surface area contributed by atoms with Crippen LogP contribution in [0.25, 0.3) is 0 Å². The highest BCUT2D eigenvalue weighted by Gasteiger charge is 2.12. The van der Waals surface area contributed by atoms with Crippen molar-refractivity contribution in [3.05, 3.63) is 70.7 Å². The second kappa shape index (κ2) is 14.4. The number of hydrogen-bond donors (Lipinski definition) is 3. The number of fused-ring (bicyclic) bond motifs is 1. The Hall–Kier alpha value is -3.17. The van der Waals surface area contributed by atoms with Crippen molar-refractivity contribution in [3.8, 4) is 0 Å². The van der Waals surface area contributed by atoms with Crippen LogP contribution in [0.3, 0.4) is 0 Å². The molecule has 5 rings (SSSR count).